The fourth-order valence-electron chi connectivity index (χ4n) is 5.38. The number of alkyl halides is 3. The number of H-pyrrole nitrogens is 1. The van der Waals surface area contributed by atoms with Crippen molar-refractivity contribution in [2.75, 3.05) is 7.11 Å². The lowest BCUT2D eigenvalue weighted by Gasteiger charge is -2.28. The van der Waals surface area contributed by atoms with Gasteiger partial charge in [0.1, 0.15) is 11.9 Å². The minimum atomic E-state index is -3.20. The lowest BCUT2D eigenvalue weighted by atomic mass is 9.82. The number of hydrogen-bond donors (Lipinski definition) is 2. The summed E-state index contributed by atoms with van der Waals surface area (Å²) in [6, 6.07) is 1.54. The summed E-state index contributed by atoms with van der Waals surface area (Å²) >= 11 is 1.38. The van der Waals surface area contributed by atoms with Crippen molar-refractivity contribution in [1.29, 1.82) is 0 Å². The second-order valence-corrected chi connectivity index (χ2v) is 10.3. The van der Waals surface area contributed by atoms with E-state index in [2.05, 4.69) is 4.98 Å². The fraction of sp³-hybridized carbons (Fsp3) is 0.565. The second kappa shape index (κ2) is 8.16. The first kappa shape index (κ1) is 22.5. The van der Waals surface area contributed by atoms with Gasteiger partial charge in [-0.15, -0.1) is 11.3 Å². The topological polar surface area (TPSA) is 90.1 Å². The van der Waals surface area contributed by atoms with Gasteiger partial charge >= 0.3 is 5.69 Å². The molecule has 2 heterocycles. The van der Waals surface area contributed by atoms with Gasteiger partial charge in [-0.05, 0) is 56.6 Å². The first-order chi connectivity index (χ1) is 15.7. The molecule has 0 amide bonds. The van der Waals surface area contributed by atoms with Crippen LogP contribution in [0.15, 0.2) is 15.7 Å². The molecule has 33 heavy (non-hydrogen) atoms. The van der Waals surface area contributed by atoms with E-state index >= 15 is 4.39 Å². The van der Waals surface area contributed by atoms with Crippen LogP contribution in [-0.4, -0.2) is 35.3 Å². The zero-order chi connectivity index (χ0) is 23.6. The normalized spacial score (nSPS) is 25.7. The first-order valence-corrected chi connectivity index (χ1v) is 12.0. The van der Waals surface area contributed by atoms with Gasteiger partial charge in [-0.25, -0.2) is 18.0 Å². The van der Waals surface area contributed by atoms with Crippen molar-refractivity contribution in [2.45, 2.75) is 75.5 Å². The molecule has 4 unspecified atom stereocenters. The fourth-order valence-corrected chi connectivity index (χ4v) is 6.77. The molecule has 0 radical (unpaired) electrons. The number of nitrogens with zero attached hydrogens (tertiary/aromatic N) is 1. The smallest absolute Gasteiger partial charge is 0.329 e. The van der Waals surface area contributed by atoms with Gasteiger partial charge in [0.05, 0.1) is 23.6 Å². The molecule has 2 aromatic rings. The van der Waals surface area contributed by atoms with Crippen molar-refractivity contribution in [2.24, 2.45) is 5.73 Å². The van der Waals surface area contributed by atoms with Gasteiger partial charge in [0.2, 0.25) is 0 Å². The van der Waals surface area contributed by atoms with Crippen molar-refractivity contribution in [1.82, 2.24) is 9.55 Å². The maximum atomic E-state index is 15.9. The third kappa shape index (κ3) is 3.49. The average molecular weight is 482 g/mol. The average Bonchev–Trinajstić information content (AvgIpc) is 3.49. The lowest BCUT2D eigenvalue weighted by Crippen LogP contribution is -2.59. The molecule has 10 heteroatoms. The van der Waals surface area contributed by atoms with Crippen LogP contribution in [0.1, 0.15) is 65.8 Å². The summed E-state index contributed by atoms with van der Waals surface area (Å²) in [6.45, 7) is 1.93. The van der Waals surface area contributed by atoms with E-state index in [4.69, 9.17) is 10.5 Å². The van der Waals surface area contributed by atoms with Crippen LogP contribution in [0.25, 0.3) is 11.3 Å². The summed E-state index contributed by atoms with van der Waals surface area (Å²) < 4.78 is 51.3. The van der Waals surface area contributed by atoms with E-state index in [1.54, 1.807) is 0 Å². The Balaban J connectivity index is 1.83. The molecule has 3 N–H and O–H groups in total. The van der Waals surface area contributed by atoms with Gasteiger partial charge in [0, 0.05) is 27.4 Å². The van der Waals surface area contributed by atoms with E-state index in [1.807, 2.05) is 13.0 Å². The molecule has 6 nitrogen and oxygen atoms in total. The summed E-state index contributed by atoms with van der Waals surface area (Å²) in [6.07, 6.45) is -1.32. The van der Waals surface area contributed by atoms with Crippen LogP contribution in [0.4, 0.5) is 13.2 Å². The summed E-state index contributed by atoms with van der Waals surface area (Å²) in [5.41, 5.74) is 4.63. The minimum absolute atomic E-state index is 0.0157. The number of rotatable bonds is 5. The molecular formula is C23H26F3N3O3S. The highest BCUT2D eigenvalue weighted by atomic mass is 32.1. The van der Waals surface area contributed by atoms with E-state index in [0.29, 0.717) is 17.7 Å². The zero-order valence-electron chi connectivity index (χ0n) is 18.4. The van der Waals surface area contributed by atoms with Crippen LogP contribution in [0, 0.1) is 0 Å². The number of aromatic nitrogens is 2. The number of aryl methyl sites for hydroxylation is 1. The van der Waals surface area contributed by atoms with Gasteiger partial charge in [-0.2, -0.15) is 0 Å². The zero-order valence-corrected chi connectivity index (χ0v) is 19.2. The third-order valence-corrected chi connectivity index (χ3v) is 8.32. The molecule has 1 saturated carbocycles. The van der Waals surface area contributed by atoms with Crippen LogP contribution in [0.3, 0.4) is 0 Å². The summed E-state index contributed by atoms with van der Waals surface area (Å²) in [7, 11) is 1.33. The predicted molar refractivity (Wildman–Crippen MR) is 120 cm³/mol. The van der Waals surface area contributed by atoms with Gasteiger partial charge in [0.25, 0.3) is 12.0 Å². The molecule has 0 saturated heterocycles. The first-order valence-electron chi connectivity index (χ1n) is 11.2. The monoisotopic (exact) mass is 481 g/mol. The Morgan fingerprint density at radius 3 is 2.61 bits per heavy atom. The molecule has 0 spiro atoms. The largest absolute Gasteiger partial charge is 0.498 e. The molecule has 3 aliphatic rings. The van der Waals surface area contributed by atoms with E-state index < -0.39 is 40.6 Å². The summed E-state index contributed by atoms with van der Waals surface area (Å²) in [5, 5.41) is -0.495. The van der Waals surface area contributed by atoms with Crippen LogP contribution in [0.5, 0.6) is 0 Å². The SMILES string of the molecule is COC1=c2c(c(=O)[nH]c(=O)n2C2CC2)=C(C(F)F)C(F)C1c1cc2c(s1)CCCC2C(C)N. The van der Waals surface area contributed by atoms with Gasteiger partial charge in [-0.1, -0.05) is 0 Å². The standard InChI is InChI=1S/C23H26F3N3O3S/c1-9(27)11-4-3-5-13-12(11)8-14(33-13)15-18(24)16(21(25)26)17-19(20(15)32-2)29(10-6-7-10)23(31)28-22(17)30/h8-11,15,18,21H,3-7,27H2,1-2H3,(H,28,30,31). The maximum absolute atomic E-state index is 15.9. The number of ether oxygens (including phenoxy) is 1. The highest BCUT2D eigenvalue weighted by molar-refractivity contribution is 7.12. The molecule has 0 bridgehead atoms. The number of hydrogen-bond acceptors (Lipinski definition) is 5. The van der Waals surface area contributed by atoms with E-state index in [9.17, 15) is 18.4 Å². The number of aromatic amines is 1. The lowest BCUT2D eigenvalue weighted by molar-refractivity contribution is 0.186. The highest BCUT2D eigenvalue weighted by Gasteiger charge is 2.43. The molecule has 0 aromatic carbocycles. The van der Waals surface area contributed by atoms with Crippen molar-refractivity contribution < 1.29 is 17.9 Å². The maximum Gasteiger partial charge on any atom is 0.329 e. The Bertz CT molecular complexity index is 1340. The van der Waals surface area contributed by atoms with Crippen molar-refractivity contribution in [3.63, 3.8) is 0 Å². The summed E-state index contributed by atoms with van der Waals surface area (Å²) in [4.78, 5) is 29.1. The van der Waals surface area contributed by atoms with E-state index in [0.717, 1.165) is 29.7 Å². The molecule has 1 fully saturated rings. The van der Waals surface area contributed by atoms with Gasteiger partial charge in [0.15, 0.2) is 0 Å². The number of fused-ring (bicyclic) bond motifs is 2. The molecular weight excluding hydrogens is 455 g/mol. The van der Waals surface area contributed by atoms with Crippen LogP contribution >= 0.6 is 11.3 Å². The molecule has 3 aliphatic carbocycles. The number of nitrogens with one attached hydrogen (secondary N) is 1. The summed E-state index contributed by atoms with van der Waals surface area (Å²) in [5.74, 6) is -1.00. The van der Waals surface area contributed by atoms with Crippen molar-refractivity contribution in [3.05, 3.63) is 52.8 Å². The highest BCUT2D eigenvalue weighted by Crippen LogP contribution is 2.46. The van der Waals surface area contributed by atoms with Crippen molar-refractivity contribution >= 4 is 22.7 Å². The Kier molecular flexibility index (Phi) is 5.55. The second-order valence-electron chi connectivity index (χ2n) is 9.17. The molecule has 0 aliphatic heterocycles. The van der Waals surface area contributed by atoms with E-state index in [-0.39, 0.29) is 29.1 Å². The number of halogens is 3. The minimum Gasteiger partial charge on any atom is -0.498 e. The predicted octanol–water partition coefficient (Wildman–Crippen LogP) is 2.01. The Morgan fingerprint density at radius 1 is 1.27 bits per heavy atom. The van der Waals surface area contributed by atoms with E-state index in [1.165, 1.54) is 23.0 Å². The Morgan fingerprint density at radius 2 is 2.00 bits per heavy atom. The van der Waals surface area contributed by atoms with Crippen LogP contribution < -0.4 is 27.6 Å². The number of thiophene rings is 1. The molecule has 2 aromatic heterocycles. The molecule has 4 atom stereocenters. The van der Waals surface area contributed by atoms with Crippen LogP contribution in [-0.2, 0) is 11.2 Å². The third-order valence-electron chi connectivity index (χ3n) is 7.03. The Hall–Kier alpha value is -2.33. The quantitative estimate of drug-likeness (QED) is 0.684. The Labute approximate surface area is 191 Å². The van der Waals surface area contributed by atoms with Crippen LogP contribution in [0.2, 0.25) is 0 Å². The molecule has 178 valence electrons. The van der Waals surface area contributed by atoms with Gasteiger partial charge in [-0.3, -0.25) is 14.3 Å². The molecule has 5 rings (SSSR count). The number of methoxy groups -OCH3 is 1. The van der Waals surface area contributed by atoms with Crippen molar-refractivity contribution in [3.8, 4) is 0 Å². The number of nitrogens with two attached hydrogens (primary N) is 1. The van der Waals surface area contributed by atoms with Gasteiger partial charge < -0.3 is 10.5 Å².